The molecule has 7 rings (SSSR count). The van der Waals surface area contributed by atoms with E-state index in [0.717, 1.165) is 36.0 Å². The van der Waals surface area contributed by atoms with Crippen LogP contribution in [0.4, 0.5) is 0 Å². The molecule has 0 amide bonds. The van der Waals surface area contributed by atoms with Crippen molar-refractivity contribution in [1.82, 2.24) is 0 Å². The van der Waals surface area contributed by atoms with Crippen molar-refractivity contribution in [3.8, 4) is 34.5 Å². The summed E-state index contributed by atoms with van der Waals surface area (Å²) in [6, 6.07) is 54.8. The second kappa shape index (κ2) is 35.8. The van der Waals surface area contributed by atoms with Crippen molar-refractivity contribution >= 4 is 124 Å². The van der Waals surface area contributed by atoms with Gasteiger partial charge in [0, 0.05) is 0 Å². The number of nitrogens with zero attached hydrogens (tertiary/aromatic N) is 3. The van der Waals surface area contributed by atoms with E-state index in [1.54, 1.807) is 0 Å². The molecule has 0 saturated heterocycles. The van der Waals surface area contributed by atoms with E-state index in [1.807, 2.05) is 146 Å². The Hall–Kier alpha value is -2.95. The van der Waals surface area contributed by atoms with Gasteiger partial charge in [0.05, 0.1) is 0 Å². The standard InChI is InChI=1S/C72H126N3O15P3Si12/c1-94(2,3)82-100(19,20)88-103(25,85-97(10,11)12)61-43-49-64-46-37-40-58-70(64)79-91(76-67-52-31-28-32-53-67)73-92(77-68-54-33-29-34-55-68,80-71-59-41-38-47-65(71)50-44-62-104(26,86-98(13,14)15)89-101(21,22)83-95(4,5)6)75-93(74-91,78-69-56-35-30-36-57-69)81-72-60-42-39-48-66(72)51-45-63-105(27,87-99(16,17)18)90-102(23,24)84-96(7,8)9/h28-42,46-48,52-60H,43-45,49-51,61-63H2,1-27H3. The smallest absolute Gasteiger partial charge is 0.437 e. The van der Waals surface area contributed by atoms with Crippen molar-refractivity contribution in [2.45, 2.75) is 233 Å². The molecule has 18 nitrogen and oxygen atoms in total. The van der Waals surface area contributed by atoms with Crippen LogP contribution < -0.4 is 27.1 Å². The monoisotopic (exact) mass is 1700 g/mol. The first-order chi connectivity index (χ1) is 48.2. The van der Waals surface area contributed by atoms with E-state index < -0.39 is 124 Å². The third kappa shape index (κ3) is 31.6. The molecule has 0 spiro atoms. The van der Waals surface area contributed by atoms with Crippen LogP contribution in [-0.2, 0) is 56.3 Å². The van der Waals surface area contributed by atoms with Crippen LogP contribution in [-0.4, -0.2) is 101 Å². The average Bonchev–Trinajstić information content (AvgIpc) is 0.729. The van der Waals surface area contributed by atoms with Crippen molar-refractivity contribution in [3.05, 3.63) is 180 Å². The fourth-order valence-corrected chi connectivity index (χ4v) is 76.4. The van der Waals surface area contributed by atoms with Crippen LogP contribution in [0.25, 0.3) is 0 Å². The molecule has 582 valence electrons. The van der Waals surface area contributed by atoms with E-state index in [4.69, 9.17) is 77.7 Å². The second-order valence-corrected chi connectivity index (χ2v) is 90.4. The van der Waals surface area contributed by atoms with Gasteiger partial charge in [-0.3, -0.25) is 0 Å². The minimum absolute atomic E-state index is 0.428. The van der Waals surface area contributed by atoms with E-state index in [0.29, 0.717) is 71.9 Å². The van der Waals surface area contributed by atoms with E-state index in [2.05, 4.69) is 195 Å². The van der Waals surface area contributed by atoms with E-state index in [9.17, 15) is 0 Å². The highest BCUT2D eigenvalue weighted by atomic mass is 31.3. The predicted molar refractivity (Wildman–Crippen MR) is 467 cm³/mol. The second-order valence-electron chi connectivity index (χ2n) is 34.8. The Morgan fingerprint density at radius 3 is 0.638 bits per heavy atom. The Bertz CT molecular complexity index is 3550. The summed E-state index contributed by atoms with van der Waals surface area (Å²) in [4.78, 5) is 0. The van der Waals surface area contributed by atoms with E-state index in [-0.39, 0.29) is 0 Å². The number of para-hydroxylation sites is 6. The fraction of sp³-hybridized carbons (Fsp3) is 0.500. The molecule has 6 aromatic rings. The maximum absolute atomic E-state index is 7.75. The Balaban J connectivity index is 1.48. The van der Waals surface area contributed by atoms with Crippen LogP contribution >= 0.6 is 23.0 Å². The van der Waals surface area contributed by atoms with Gasteiger partial charge in [0.15, 0.2) is 49.9 Å². The molecule has 105 heavy (non-hydrogen) atoms. The van der Waals surface area contributed by atoms with Gasteiger partial charge in [-0.05, 0) is 305 Å². The molecule has 3 unspecified atom stereocenters. The van der Waals surface area contributed by atoms with Gasteiger partial charge in [-0.1, -0.05) is 123 Å². The van der Waals surface area contributed by atoms with Crippen molar-refractivity contribution in [2.24, 2.45) is 13.5 Å². The molecule has 1 aliphatic rings. The highest BCUT2D eigenvalue weighted by Crippen LogP contribution is 2.79. The lowest BCUT2D eigenvalue weighted by molar-refractivity contribution is 0.320. The predicted octanol–water partition coefficient (Wildman–Crippen LogP) is 25.6. The number of rotatable bonds is 42. The minimum atomic E-state index is -4.37. The molecule has 0 aliphatic carbocycles. The van der Waals surface area contributed by atoms with Crippen molar-refractivity contribution in [2.75, 3.05) is 0 Å². The lowest BCUT2D eigenvalue weighted by atomic mass is 10.1. The Kier molecular flexibility index (Phi) is 30.4. The van der Waals surface area contributed by atoms with Crippen molar-refractivity contribution < 1.29 is 64.2 Å². The highest BCUT2D eigenvalue weighted by molar-refractivity contribution is 7.79. The topological polar surface area (TPSA) is 176 Å². The molecule has 0 fully saturated rings. The van der Waals surface area contributed by atoms with Gasteiger partial charge in [-0.2, -0.15) is 0 Å². The normalized spacial score (nSPS) is 19.7. The third-order valence-electron chi connectivity index (χ3n) is 15.0. The minimum Gasteiger partial charge on any atom is -0.437 e. The molecule has 0 N–H and O–H groups in total. The van der Waals surface area contributed by atoms with Crippen LogP contribution in [0.15, 0.2) is 177 Å². The summed E-state index contributed by atoms with van der Waals surface area (Å²) in [5.74, 6) is 2.76. The van der Waals surface area contributed by atoms with Crippen molar-refractivity contribution in [3.63, 3.8) is 0 Å². The van der Waals surface area contributed by atoms with Gasteiger partial charge < -0.3 is 64.2 Å². The summed E-state index contributed by atoms with van der Waals surface area (Å²) in [7, 11) is -41.7. The van der Waals surface area contributed by atoms with E-state index in [1.165, 1.54) is 0 Å². The zero-order valence-electron chi connectivity index (χ0n) is 68.3. The summed E-state index contributed by atoms with van der Waals surface area (Å²) >= 11 is 0. The lowest BCUT2D eigenvalue weighted by Gasteiger charge is -2.41. The van der Waals surface area contributed by atoms with Crippen LogP contribution in [0.5, 0.6) is 34.5 Å². The molecule has 1 aliphatic heterocycles. The van der Waals surface area contributed by atoms with Crippen molar-refractivity contribution in [1.29, 1.82) is 0 Å². The summed E-state index contributed by atoms with van der Waals surface area (Å²) in [5, 5.41) is 0. The van der Waals surface area contributed by atoms with Gasteiger partial charge in [0.2, 0.25) is 0 Å². The highest BCUT2D eigenvalue weighted by Gasteiger charge is 2.52. The fourth-order valence-electron chi connectivity index (χ4n) is 13.3. The summed E-state index contributed by atoms with van der Waals surface area (Å²) in [6.07, 6.45) is 3.91. The van der Waals surface area contributed by atoms with Gasteiger partial charge >= 0.3 is 74.3 Å². The Morgan fingerprint density at radius 2 is 0.429 bits per heavy atom. The van der Waals surface area contributed by atoms with Gasteiger partial charge in [0.25, 0.3) is 0 Å². The van der Waals surface area contributed by atoms with E-state index >= 15 is 0 Å². The molecule has 3 atom stereocenters. The molecule has 0 bridgehead atoms. The zero-order chi connectivity index (χ0) is 77.9. The number of aryl methyl sites for hydroxylation is 3. The molecule has 6 aromatic carbocycles. The summed E-state index contributed by atoms with van der Waals surface area (Å²) in [5.41, 5.74) is 2.68. The molecule has 0 aromatic heterocycles. The number of benzene rings is 6. The molecular weight excluding hydrogens is 1580 g/mol. The Morgan fingerprint density at radius 1 is 0.229 bits per heavy atom. The molecule has 1 heterocycles. The van der Waals surface area contributed by atoms with Crippen LogP contribution in [0.1, 0.15) is 36.0 Å². The van der Waals surface area contributed by atoms with Crippen LogP contribution in [0, 0.1) is 0 Å². The average molecular weight is 1700 g/mol. The third-order valence-corrected chi connectivity index (χ3v) is 63.7. The molecule has 33 heteroatoms. The van der Waals surface area contributed by atoms with Gasteiger partial charge in [-0.25, -0.2) is 0 Å². The van der Waals surface area contributed by atoms with Gasteiger partial charge in [0.1, 0.15) is 34.5 Å². The van der Waals surface area contributed by atoms with Crippen LogP contribution in [0.3, 0.4) is 0 Å². The molecule has 0 saturated carbocycles. The molecule has 0 radical (unpaired) electrons. The summed E-state index contributed by atoms with van der Waals surface area (Å²) in [6.45, 7) is 59.6. The maximum atomic E-state index is 7.75. The lowest BCUT2D eigenvalue weighted by Crippen LogP contribution is -2.56. The zero-order valence-corrected chi connectivity index (χ0v) is 82.9. The maximum Gasteiger partial charge on any atom is 0.460 e. The van der Waals surface area contributed by atoms with Gasteiger partial charge in [-0.15, -0.1) is 0 Å². The first-order valence-corrected chi connectivity index (χ1v) is 78.1. The largest absolute Gasteiger partial charge is 0.460 e. The summed E-state index contributed by atoms with van der Waals surface area (Å²) < 4.78 is 127. The Labute approximate surface area is 645 Å². The number of hydrogen-bond donors (Lipinski definition) is 0. The number of hydrogen-bond acceptors (Lipinski definition) is 18. The molecular formula is C72H126N3O15P3Si12. The quantitative estimate of drug-likeness (QED) is 0.0261. The SMILES string of the molecule is C[Si](C)(C)O[Si](C)(C)O[Si](C)(CCCc1ccccc1OP1(Oc2ccccc2)=NP(Oc2ccccc2)(Oc2ccccc2CCC[Si](C)(O[Si](C)(C)C)O[Si](C)(C)O[Si](C)(C)C)=NP(Oc2ccccc2)(Oc2ccccc2CCC[Si](C)(O[Si](C)(C)C)O[Si](C)(C)O[Si](C)(C)C)=N1)O[Si](C)(C)C. The first-order valence-electron chi connectivity index (χ1n) is 37.0. The van der Waals surface area contributed by atoms with Crippen LogP contribution in [0.2, 0.25) is 195 Å². The first kappa shape index (κ1) is 89.3.